The molecular formula is C11H11Cl2NO5S. The number of aliphatic hydroxyl groups excluding tert-OH is 1. The summed E-state index contributed by atoms with van der Waals surface area (Å²) in [6.45, 7) is -0.264. The first-order valence-corrected chi connectivity index (χ1v) is 7.81. The average Bonchev–Trinajstić information content (AvgIpc) is 2.75. The Kier molecular flexibility index (Phi) is 4.27. The monoisotopic (exact) mass is 339 g/mol. The minimum atomic E-state index is -4.06. The van der Waals surface area contributed by atoms with Crippen molar-refractivity contribution in [2.45, 2.75) is 23.5 Å². The molecule has 0 aromatic heterocycles. The van der Waals surface area contributed by atoms with Gasteiger partial charge >= 0.3 is 5.97 Å². The minimum absolute atomic E-state index is 0.0550. The van der Waals surface area contributed by atoms with E-state index in [1.54, 1.807) is 0 Å². The zero-order valence-electron chi connectivity index (χ0n) is 10.0. The summed E-state index contributed by atoms with van der Waals surface area (Å²) in [7, 11) is -4.06. The molecule has 0 spiro atoms. The van der Waals surface area contributed by atoms with Gasteiger partial charge in [-0.1, -0.05) is 23.2 Å². The molecule has 1 aromatic rings. The molecule has 9 heteroatoms. The third kappa shape index (κ3) is 2.77. The average molecular weight is 340 g/mol. The number of β-amino-alcohol motifs (C(OH)–C–C–N with tert-alkyl or cyclic N) is 1. The van der Waals surface area contributed by atoms with E-state index < -0.39 is 28.1 Å². The van der Waals surface area contributed by atoms with Crippen LogP contribution in [0.2, 0.25) is 10.0 Å². The van der Waals surface area contributed by atoms with E-state index in [4.69, 9.17) is 28.3 Å². The van der Waals surface area contributed by atoms with Crippen molar-refractivity contribution in [2.75, 3.05) is 6.54 Å². The van der Waals surface area contributed by atoms with Gasteiger partial charge in [0.15, 0.2) is 0 Å². The fourth-order valence-electron chi connectivity index (χ4n) is 2.05. The molecule has 2 atom stereocenters. The molecule has 1 fully saturated rings. The number of nitrogens with zero attached hydrogens (tertiary/aromatic N) is 1. The van der Waals surface area contributed by atoms with Crippen molar-refractivity contribution in [1.82, 2.24) is 4.31 Å². The van der Waals surface area contributed by atoms with Crippen molar-refractivity contribution < 1.29 is 23.4 Å². The Balaban J connectivity index is 2.43. The normalized spacial score (nSPS) is 23.9. The highest BCUT2D eigenvalue weighted by Crippen LogP contribution is 2.30. The van der Waals surface area contributed by atoms with Crippen LogP contribution < -0.4 is 0 Å². The molecule has 2 rings (SSSR count). The fourth-order valence-corrected chi connectivity index (χ4v) is 4.07. The Bertz CT molecular complexity index is 648. The number of carbonyl (C=O) groups is 1. The molecule has 110 valence electrons. The first-order valence-electron chi connectivity index (χ1n) is 5.61. The number of aliphatic carboxylic acids is 1. The zero-order valence-corrected chi connectivity index (χ0v) is 12.4. The van der Waals surface area contributed by atoms with Crippen molar-refractivity contribution >= 4 is 39.2 Å². The van der Waals surface area contributed by atoms with Crippen LogP contribution in [0.3, 0.4) is 0 Å². The van der Waals surface area contributed by atoms with Gasteiger partial charge in [-0.25, -0.2) is 8.42 Å². The molecule has 0 amide bonds. The number of benzene rings is 1. The summed E-state index contributed by atoms with van der Waals surface area (Å²) in [5.74, 6) is -1.30. The van der Waals surface area contributed by atoms with Gasteiger partial charge in [0, 0.05) is 13.0 Å². The van der Waals surface area contributed by atoms with Gasteiger partial charge in [-0.2, -0.15) is 4.31 Å². The second kappa shape index (κ2) is 5.50. The number of hydrogen-bond donors (Lipinski definition) is 2. The Labute approximate surface area is 125 Å². The molecule has 0 aliphatic carbocycles. The van der Waals surface area contributed by atoms with E-state index in [1.807, 2.05) is 0 Å². The van der Waals surface area contributed by atoms with Crippen LogP contribution in [0.5, 0.6) is 0 Å². The number of carboxylic acid groups (broad SMARTS) is 1. The first-order chi connectivity index (χ1) is 9.23. The molecule has 1 aliphatic heterocycles. The minimum Gasteiger partial charge on any atom is -0.480 e. The molecule has 2 N–H and O–H groups in total. The lowest BCUT2D eigenvalue weighted by Gasteiger charge is -2.20. The molecule has 0 radical (unpaired) electrons. The van der Waals surface area contributed by atoms with Crippen molar-refractivity contribution in [3.8, 4) is 0 Å². The van der Waals surface area contributed by atoms with Crippen LogP contribution in [0.1, 0.15) is 6.42 Å². The van der Waals surface area contributed by atoms with Gasteiger partial charge in [-0.15, -0.1) is 0 Å². The zero-order chi connectivity index (χ0) is 15.1. The maximum absolute atomic E-state index is 12.4. The number of carboxylic acids is 1. The maximum Gasteiger partial charge on any atom is 0.322 e. The van der Waals surface area contributed by atoms with E-state index in [0.717, 1.165) is 10.4 Å². The summed E-state index contributed by atoms with van der Waals surface area (Å²) >= 11 is 11.5. The van der Waals surface area contributed by atoms with Crippen LogP contribution in [-0.4, -0.2) is 47.6 Å². The molecule has 20 heavy (non-hydrogen) atoms. The summed E-state index contributed by atoms with van der Waals surface area (Å²) in [4.78, 5) is 10.9. The lowest BCUT2D eigenvalue weighted by molar-refractivity contribution is -0.140. The van der Waals surface area contributed by atoms with Crippen LogP contribution >= 0.6 is 23.2 Å². The Hall–Kier alpha value is -0.860. The molecule has 1 saturated heterocycles. The van der Waals surface area contributed by atoms with Crippen LogP contribution in [0.15, 0.2) is 23.1 Å². The number of aliphatic hydroxyl groups is 1. The summed E-state index contributed by atoms with van der Waals surface area (Å²) in [6.07, 6.45) is -1.15. The van der Waals surface area contributed by atoms with E-state index in [0.29, 0.717) is 0 Å². The van der Waals surface area contributed by atoms with E-state index in [9.17, 15) is 18.3 Å². The van der Waals surface area contributed by atoms with E-state index >= 15 is 0 Å². The molecular weight excluding hydrogens is 329 g/mol. The molecule has 1 aromatic carbocycles. The SMILES string of the molecule is O=C(O)[C@@H]1C[C@@H](O)CN1S(=O)(=O)c1ccc(Cl)c(Cl)c1. The lowest BCUT2D eigenvalue weighted by Crippen LogP contribution is -2.40. The molecule has 0 bridgehead atoms. The standard InChI is InChI=1S/C11H11Cl2NO5S/c12-8-2-1-7(4-9(8)13)20(18,19)14-5-6(15)3-10(14)11(16)17/h1-2,4,6,10,15H,3,5H2,(H,16,17)/t6-,10+/m1/s1. The summed E-state index contributed by atoms with van der Waals surface area (Å²) in [6, 6.07) is 2.43. The lowest BCUT2D eigenvalue weighted by atomic mass is 10.2. The molecule has 1 aliphatic rings. The molecule has 0 saturated carbocycles. The van der Waals surface area contributed by atoms with Crippen molar-refractivity contribution in [2.24, 2.45) is 0 Å². The largest absolute Gasteiger partial charge is 0.480 e. The molecule has 6 nitrogen and oxygen atoms in total. The highest BCUT2D eigenvalue weighted by atomic mass is 35.5. The van der Waals surface area contributed by atoms with Crippen LogP contribution in [0, 0.1) is 0 Å². The number of hydrogen-bond acceptors (Lipinski definition) is 4. The Morgan fingerprint density at radius 1 is 1.30 bits per heavy atom. The highest BCUT2D eigenvalue weighted by Gasteiger charge is 2.43. The smallest absolute Gasteiger partial charge is 0.322 e. The predicted molar refractivity (Wildman–Crippen MR) is 72.4 cm³/mol. The van der Waals surface area contributed by atoms with Gasteiger partial charge in [-0.05, 0) is 18.2 Å². The second-order valence-corrected chi connectivity index (χ2v) is 7.10. The second-order valence-electron chi connectivity index (χ2n) is 4.39. The summed E-state index contributed by atoms with van der Waals surface area (Å²) < 4.78 is 25.6. The van der Waals surface area contributed by atoms with Crippen molar-refractivity contribution in [3.63, 3.8) is 0 Å². The quantitative estimate of drug-likeness (QED) is 0.862. The molecule has 0 unspecified atom stereocenters. The fraction of sp³-hybridized carbons (Fsp3) is 0.364. The van der Waals surface area contributed by atoms with Crippen molar-refractivity contribution in [3.05, 3.63) is 28.2 Å². The molecule has 1 heterocycles. The Morgan fingerprint density at radius 2 is 1.95 bits per heavy atom. The van der Waals surface area contributed by atoms with Gasteiger partial charge < -0.3 is 10.2 Å². The van der Waals surface area contributed by atoms with Gasteiger partial charge in [0.05, 0.1) is 21.0 Å². The Morgan fingerprint density at radius 3 is 2.50 bits per heavy atom. The highest BCUT2D eigenvalue weighted by molar-refractivity contribution is 7.89. The third-order valence-corrected chi connectivity index (χ3v) is 5.63. The van der Waals surface area contributed by atoms with Crippen molar-refractivity contribution in [1.29, 1.82) is 0 Å². The van der Waals surface area contributed by atoms with Gasteiger partial charge in [0.2, 0.25) is 10.0 Å². The topological polar surface area (TPSA) is 94.9 Å². The van der Waals surface area contributed by atoms with Crippen LogP contribution in [0.4, 0.5) is 0 Å². The van der Waals surface area contributed by atoms with Crippen LogP contribution in [0.25, 0.3) is 0 Å². The number of sulfonamides is 1. The van der Waals surface area contributed by atoms with E-state index in [2.05, 4.69) is 0 Å². The number of rotatable bonds is 3. The van der Waals surface area contributed by atoms with E-state index in [-0.39, 0.29) is 27.9 Å². The van der Waals surface area contributed by atoms with Crippen LogP contribution in [-0.2, 0) is 14.8 Å². The third-order valence-electron chi connectivity index (χ3n) is 3.02. The maximum atomic E-state index is 12.4. The number of halogens is 2. The van der Waals surface area contributed by atoms with Gasteiger partial charge in [0.1, 0.15) is 6.04 Å². The summed E-state index contributed by atoms with van der Waals surface area (Å²) in [5.41, 5.74) is 0. The first kappa shape index (κ1) is 15.5. The predicted octanol–water partition coefficient (Wildman–Crippen LogP) is 1.20. The summed E-state index contributed by atoms with van der Waals surface area (Å²) in [5, 5.41) is 18.8. The van der Waals surface area contributed by atoms with Gasteiger partial charge in [0.25, 0.3) is 0 Å². The van der Waals surface area contributed by atoms with Gasteiger partial charge in [-0.3, -0.25) is 4.79 Å². The van der Waals surface area contributed by atoms with E-state index in [1.165, 1.54) is 12.1 Å².